The van der Waals surface area contributed by atoms with Gasteiger partial charge >= 0.3 is 0 Å². The van der Waals surface area contributed by atoms with E-state index >= 15 is 0 Å². The molecule has 5 nitrogen and oxygen atoms in total. The average Bonchev–Trinajstić information content (AvgIpc) is 2.29. The topological polar surface area (TPSA) is 85.8 Å². The Morgan fingerprint density at radius 1 is 1.59 bits per heavy atom. The summed E-state index contributed by atoms with van der Waals surface area (Å²) in [6.45, 7) is 3.73. The van der Waals surface area contributed by atoms with E-state index in [2.05, 4.69) is 10.3 Å². The molecule has 0 saturated carbocycles. The third kappa shape index (κ3) is 3.18. The standard InChI is InChI=1S/C12H15N3O2/c1-3-4-9-7-10(11(16)14-6-5-13)12(17)15-8(9)2/h7H,3-4,6H2,1-2H3,(H,14,16)(H,15,17). The normalized spacial score (nSPS) is 9.71. The SMILES string of the molecule is CCCc1cc(C(=O)NCC#N)c(=O)[nH]c1C. The molecule has 0 aliphatic heterocycles. The van der Waals surface area contributed by atoms with E-state index in [1.54, 1.807) is 12.1 Å². The van der Waals surface area contributed by atoms with E-state index in [4.69, 9.17) is 5.26 Å². The number of nitrogens with zero attached hydrogens (tertiary/aromatic N) is 1. The second kappa shape index (κ2) is 5.85. The van der Waals surface area contributed by atoms with E-state index in [9.17, 15) is 9.59 Å². The van der Waals surface area contributed by atoms with Gasteiger partial charge in [-0.15, -0.1) is 0 Å². The van der Waals surface area contributed by atoms with Gasteiger partial charge < -0.3 is 10.3 Å². The largest absolute Gasteiger partial charge is 0.339 e. The van der Waals surface area contributed by atoms with Crippen molar-refractivity contribution < 1.29 is 4.79 Å². The van der Waals surface area contributed by atoms with Crippen LogP contribution in [0.2, 0.25) is 0 Å². The van der Waals surface area contributed by atoms with Crippen molar-refractivity contribution in [2.24, 2.45) is 0 Å². The molecule has 1 heterocycles. The summed E-state index contributed by atoms with van der Waals surface area (Å²) in [5.74, 6) is -0.509. The molecule has 1 aromatic rings. The fraction of sp³-hybridized carbons (Fsp3) is 0.417. The first-order valence-corrected chi connectivity index (χ1v) is 5.48. The molecule has 0 radical (unpaired) electrons. The van der Waals surface area contributed by atoms with Crippen molar-refractivity contribution >= 4 is 5.91 Å². The first kappa shape index (κ1) is 13.0. The first-order valence-electron chi connectivity index (χ1n) is 5.48. The van der Waals surface area contributed by atoms with E-state index in [0.29, 0.717) is 0 Å². The van der Waals surface area contributed by atoms with Crippen LogP contribution >= 0.6 is 0 Å². The number of rotatable bonds is 4. The van der Waals surface area contributed by atoms with Crippen LogP contribution in [0.15, 0.2) is 10.9 Å². The molecule has 0 aromatic carbocycles. The molecule has 0 atom stereocenters. The second-order valence-corrected chi connectivity index (χ2v) is 3.75. The number of aryl methyl sites for hydroxylation is 2. The lowest BCUT2D eigenvalue weighted by Crippen LogP contribution is -2.30. The summed E-state index contributed by atoms with van der Waals surface area (Å²) < 4.78 is 0. The number of aromatic amines is 1. The third-order valence-corrected chi connectivity index (χ3v) is 2.44. The Kier molecular flexibility index (Phi) is 4.46. The minimum absolute atomic E-state index is 0.0642. The molecule has 5 heteroatoms. The number of nitriles is 1. The summed E-state index contributed by atoms with van der Waals surface area (Å²) in [6, 6.07) is 3.40. The smallest absolute Gasteiger partial charge is 0.261 e. The summed E-state index contributed by atoms with van der Waals surface area (Å²) in [5, 5.41) is 10.7. The number of H-pyrrole nitrogens is 1. The Morgan fingerprint density at radius 3 is 2.88 bits per heavy atom. The Morgan fingerprint density at radius 2 is 2.29 bits per heavy atom. The maximum atomic E-state index is 11.6. The lowest BCUT2D eigenvalue weighted by Gasteiger charge is -2.07. The van der Waals surface area contributed by atoms with Crippen LogP contribution in [-0.2, 0) is 6.42 Å². The summed E-state index contributed by atoms with van der Waals surface area (Å²) in [7, 11) is 0. The fourth-order valence-corrected chi connectivity index (χ4v) is 1.58. The quantitative estimate of drug-likeness (QED) is 0.757. The summed E-state index contributed by atoms with van der Waals surface area (Å²) in [5.41, 5.74) is 1.38. The van der Waals surface area contributed by atoms with Crippen molar-refractivity contribution in [3.8, 4) is 6.07 Å². The molecule has 90 valence electrons. The van der Waals surface area contributed by atoms with Gasteiger partial charge in [-0.2, -0.15) is 5.26 Å². The molecule has 0 bridgehead atoms. The van der Waals surface area contributed by atoms with Crippen molar-refractivity contribution in [1.82, 2.24) is 10.3 Å². The molecule has 0 aliphatic rings. The lowest BCUT2D eigenvalue weighted by molar-refractivity contribution is 0.0957. The van der Waals surface area contributed by atoms with Crippen LogP contribution in [0.1, 0.15) is 35.0 Å². The van der Waals surface area contributed by atoms with Gasteiger partial charge in [0.05, 0.1) is 6.07 Å². The van der Waals surface area contributed by atoms with E-state index in [1.807, 2.05) is 13.8 Å². The summed E-state index contributed by atoms with van der Waals surface area (Å²) in [4.78, 5) is 25.9. The fourth-order valence-electron chi connectivity index (χ4n) is 1.58. The molecule has 1 aromatic heterocycles. The van der Waals surface area contributed by atoms with E-state index in [-0.39, 0.29) is 12.1 Å². The Hall–Kier alpha value is -2.09. The Bertz CT molecular complexity index is 511. The summed E-state index contributed by atoms with van der Waals surface area (Å²) >= 11 is 0. The molecule has 0 unspecified atom stereocenters. The van der Waals surface area contributed by atoms with Gasteiger partial charge in [0.25, 0.3) is 11.5 Å². The molecular weight excluding hydrogens is 218 g/mol. The number of carbonyl (C=O) groups excluding carboxylic acids is 1. The van der Waals surface area contributed by atoms with Gasteiger partial charge in [-0.05, 0) is 25.0 Å². The third-order valence-electron chi connectivity index (χ3n) is 2.44. The van der Waals surface area contributed by atoms with E-state index in [1.165, 1.54) is 0 Å². The van der Waals surface area contributed by atoms with Gasteiger partial charge in [0.1, 0.15) is 12.1 Å². The van der Waals surface area contributed by atoms with Gasteiger partial charge in [0, 0.05) is 5.69 Å². The predicted octanol–water partition coefficient (Wildman–Crippen LogP) is 0.889. The molecule has 0 saturated heterocycles. The van der Waals surface area contributed by atoms with E-state index in [0.717, 1.165) is 24.1 Å². The molecule has 0 spiro atoms. The molecule has 0 fully saturated rings. The zero-order valence-electron chi connectivity index (χ0n) is 9.96. The van der Waals surface area contributed by atoms with Crippen LogP contribution in [0.4, 0.5) is 0 Å². The number of hydrogen-bond acceptors (Lipinski definition) is 3. The van der Waals surface area contributed by atoms with Crippen LogP contribution in [0, 0.1) is 18.3 Å². The van der Waals surface area contributed by atoms with Gasteiger partial charge in [-0.25, -0.2) is 0 Å². The highest BCUT2D eigenvalue weighted by atomic mass is 16.2. The molecular formula is C12H15N3O2. The van der Waals surface area contributed by atoms with Crippen molar-refractivity contribution in [1.29, 1.82) is 5.26 Å². The van der Waals surface area contributed by atoms with Crippen LogP contribution < -0.4 is 10.9 Å². The van der Waals surface area contributed by atoms with Gasteiger partial charge in [0.15, 0.2) is 0 Å². The molecule has 17 heavy (non-hydrogen) atoms. The van der Waals surface area contributed by atoms with Crippen molar-refractivity contribution in [3.63, 3.8) is 0 Å². The van der Waals surface area contributed by atoms with Crippen molar-refractivity contribution in [2.75, 3.05) is 6.54 Å². The van der Waals surface area contributed by atoms with Gasteiger partial charge in [-0.1, -0.05) is 13.3 Å². The van der Waals surface area contributed by atoms with Crippen LogP contribution in [0.25, 0.3) is 0 Å². The average molecular weight is 233 g/mol. The number of pyridine rings is 1. The van der Waals surface area contributed by atoms with Gasteiger partial charge in [-0.3, -0.25) is 9.59 Å². The van der Waals surface area contributed by atoms with Crippen LogP contribution in [-0.4, -0.2) is 17.4 Å². The lowest BCUT2D eigenvalue weighted by atomic mass is 10.1. The van der Waals surface area contributed by atoms with Crippen LogP contribution in [0.3, 0.4) is 0 Å². The molecule has 0 aliphatic carbocycles. The molecule has 1 rings (SSSR count). The first-order chi connectivity index (χ1) is 8.10. The number of aromatic nitrogens is 1. The highest BCUT2D eigenvalue weighted by Gasteiger charge is 2.12. The number of carbonyl (C=O) groups is 1. The Balaban J connectivity index is 3.07. The molecule has 2 N–H and O–H groups in total. The zero-order valence-corrected chi connectivity index (χ0v) is 9.96. The second-order valence-electron chi connectivity index (χ2n) is 3.75. The Labute approximate surface area is 99.5 Å². The van der Waals surface area contributed by atoms with Crippen LogP contribution in [0.5, 0.6) is 0 Å². The number of nitrogens with one attached hydrogen (secondary N) is 2. The highest BCUT2D eigenvalue weighted by molar-refractivity contribution is 5.94. The summed E-state index contributed by atoms with van der Waals surface area (Å²) in [6.07, 6.45) is 1.74. The van der Waals surface area contributed by atoms with Crippen molar-refractivity contribution in [2.45, 2.75) is 26.7 Å². The maximum Gasteiger partial charge on any atom is 0.261 e. The maximum absolute atomic E-state index is 11.6. The zero-order chi connectivity index (χ0) is 12.8. The molecule has 1 amide bonds. The number of amides is 1. The van der Waals surface area contributed by atoms with E-state index < -0.39 is 11.5 Å². The number of hydrogen-bond donors (Lipinski definition) is 2. The highest BCUT2D eigenvalue weighted by Crippen LogP contribution is 2.07. The minimum Gasteiger partial charge on any atom is -0.339 e. The predicted molar refractivity (Wildman–Crippen MR) is 63.7 cm³/mol. The minimum atomic E-state index is -0.509. The van der Waals surface area contributed by atoms with Gasteiger partial charge in [0.2, 0.25) is 0 Å². The van der Waals surface area contributed by atoms with Crippen molar-refractivity contribution in [3.05, 3.63) is 33.2 Å². The monoisotopic (exact) mass is 233 g/mol.